The van der Waals surface area contributed by atoms with E-state index in [-0.39, 0.29) is 5.38 Å². The highest BCUT2D eigenvalue weighted by Gasteiger charge is 2.40. The van der Waals surface area contributed by atoms with Gasteiger partial charge in [-0.1, -0.05) is 52.7 Å². The molecule has 2 aromatic carbocycles. The third-order valence-electron chi connectivity index (χ3n) is 5.64. The second kappa shape index (κ2) is 5.59. The van der Waals surface area contributed by atoms with E-state index in [1.54, 1.807) is 0 Å². The van der Waals surface area contributed by atoms with Gasteiger partial charge in [0.1, 0.15) is 0 Å². The molecule has 2 saturated carbocycles. The van der Waals surface area contributed by atoms with Crippen LogP contribution in [0.2, 0.25) is 0 Å². The summed E-state index contributed by atoms with van der Waals surface area (Å²) >= 11 is 10.5. The SMILES string of the molecule is ClC(CC1CC2CCC1C2)c1ccc(Br)c2ccccc12. The Hall–Kier alpha value is -0.530. The van der Waals surface area contributed by atoms with Crippen LogP contribution in [0.5, 0.6) is 0 Å². The monoisotopic (exact) mass is 362 g/mol. The van der Waals surface area contributed by atoms with Crippen molar-refractivity contribution < 1.29 is 0 Å². The average molecular weight is 364 g/mol. The summed E-state index contributed by atoms with van der Waals surface area (Å²) in [5.41, 5.74) is 1.30. The van der Waals surface area contributed by atoms with Gasteiger partial charge in [-0.25, -0.2) is 0 Å². The quantitative estimate of drug-likeness (QED) is 0.532. The van der Waals surface area contributed by atoms with Gasteiger partial charge >= 0.3 is 0 Å². The number of hydrogen-bond donors (Lipinski definition) is 0. The molecule has 4 rings (SSSR count). The molecule has 0 spiro atoms. The fourth-order valence-electron chi connectivity index (χ4n) is 4.62. The van der Waals surface area contributed by atoms with Gasteiger partial charge in [-0.05, 0) is 65.8 Å². The average Bonchev–Trinajstić information content (AvgIpc) is 3.10. The molecule has 0 aromatic heterocycles. The minimum atomic E-state index is 0.146. The van der Waals surface area contributed by atoms with Crippen LogP contribution >= 0.6 is 27.5 Å². The number of fused-ring (bicyclic) bond motifs is 3. The van der Waals surface area contributed by atoms with Crippen molar-refractivity contribution >= 4 is 38.3 Å². The molecule has 2 bridgehead atoms. The standard InChI is InChI=1S/C19H20BrCl/c20-18-8-7-17(15-3-1-2-4-16(15)18)19(21)11-14-10-12-5-6-13(14)9-12/h1-4,7-8,12-14,19H,5-6,9-11H2. The van der Waals surface area contributed by atoms with Crippen LogP contribution in [0, 0.1) is 17.8 Å². The van der Waals surface area contributed by atoms with E-state index in [1.165, 1.54) is 42.0 Å². The van der Waals surface area contributed by atoms with Crippen LogP contribution in [0.3, 0.4) is 0 Å². The summed E-state index contributed by atoms with van der Waals surface area (Å²) in [6.07, 6.45) is 6.95. The largest absolute Gasteiger partial charge is 0.118 e. The molecular formula is C19H20BrCl. The van der Waals surface area contributed by atoms with Crippen LogP contribution in [-0.2, 0) is 0 Å². The van der Waals surface area contributed by atoms with Crippen molar-refractivity contribution in [2.45, 2.75) is 37.5 Å². The Kier molecular flexibility index (Phi) is 3.75. The van der Waals surface area contributed by atoms with Crippen LogP contribution in [0.4, 0.5) is 0 Å². The Morgan fingerprint density at radius 3 is 2.57 bits per heavy atom. The van der Waals surface area contributed by atoms with E-state index in [0.717, 1.165) is 28.6 Å². The molecule has 4 atom stereocenters. The maximum atomic E-state index is 6.84. The first-order chi connectivity index (χ1) is 10.2. The lowest BCUT2D eigenvalue weighted by atomic mass is 9.84. The smallest absolute Gasteiger partial charge is 0.0594 e. The normalized spacial score (nSPS) is 29.1. The summed E-state index contributed by atoms with van der Waals surface area (Å²) in [4.78, 5) is 0. The molecule has 4 unspecified atom stereocenters. The molecule has 2 heteroatoms. The first-order valence-electron chi connectivity index (χ1n) is 8.03. The van der Waals surface area contributed by atoms with Crippen LogP contribution in [0.1, 0.15) is 43.0 Å². The first-order valence-corrected chi connectivity index (χ1v) is 9.26. The molecule has 2 aromatic rings. The lowest BCUT2D eigenvalue weighted by Gasteiger charge is -2.24. The van der Waals surface area contributed by atoms with E-state index in [1.807, 2.05) is 0 Å². The molecule has 0 N–H and O–H groups in total. The highest BCUT2D eigenvalue weighted by molar-refractivity contribution is 9.10. The summed E-state index contributed by atoms with van der Waals surface area (Å²) in [7, 11) is 0. The zero-order chi connectivity index (χ0) is 14.4. The van der Waals surface area contributed by atoms with Gasteiger partial charge in [0.15, 0.2) is 0 Å². The van der Waals surface area contributed by atoms with Crippen LogP contribution in [0.25, 0.3) is 10.8 Å². The second-order valence-electron chi connectivity index (χ2n) is 6.82. The molecule has 0 heterocycles. The van der Waals surface area contributed by atoms with Crippen molar-refractivity contribution in [2.75, 3.05) is 0 Å². The fourth-order valence-corrected chi connectivity index (χ4v) is 5.51. The third-order valence-corrected chi connectivity index (χ3v) is 6.74. The zero-order valence-corrected chi connectivity index (χ0v) is 14.4. The van der Waals surface area contributed by atoms with Gasteiger partial charge in [0, 0.05) is 4.47 Å². The number of alkyl halides is 1. The number of benzene rings is 2. The van der Waals surface area contributed by atoms with E-state index in [2.05, 4.69) is 52.3 Å². The molecule has 2 aliphatic carbocycles. The highest BCUT2D eigenvalue weighted by Crippen LogP contribution is 2.52. The lowest BCUT2D eigenvalue weighted by molar-refractivity contribution is 0.312. The van der Waals surface area contributed by atoms with Gasteiger partial charge in [0.05, 0.1) is 5.38 Å². The maximum absolute atomic E-state index is 6.84. The predicted octanol–water partition coefficient (Wildman–Crippen LogP) is 6.71. The molecule has 2 fully saturated rings. The molecule has 110 valence electrons. The van der Waals surface area contributed by atoms with Crippen molar-refractivity contribution in [3.05, 3.63) is 46.4 Å². The Morgan fingerprint density at radius 2 is 1.86 bits per heavy atom. The Bertz CT molecular complexity index is 666. The van der Waals surface area contributed by atoms with Gasteiger partial charge in [-0.2, -0.15) is 0 Å². The Morgan fingerprint density at radius 1 is 1.05 bits per heavy atom. The maximum Gasteiger partial charge on any atom is 0.0594 e. The first kappa shape index (κ1) is 14.1. The number of rotatable bonds is 3. The Balaban J connectivity index is 1.62. The van der Waals surface area contributed by atoms with E-state index in [9.17, 15) is 0 Å². The third kappa shape index (κ3) is 2.53. The van der Waals surface area contributed by atoms with Gasteiger partial charge in [-0.15, -0.1) is 11.6 Å². The fraction of sp³-hybridized carbons (Fsp3) is 0.474. The molecule has 21 heavy (non-hydrogen) atoms. The van der Waals surface area contributed by atoms with Crippen LogP contribution in [-0.4, -0.2) is 0 Å². The number of hydrogen-bond acceptors (Lipinski definition) is 0. The summed E-state index contributed by atoms with van der Waals surface area (Å²) in [6.45, 7) is 0. The van der Waals surface area contributed by atoms with Crippen molar-refractivity contribution in [3.8, 4) is 0 Å². The minimum Gasteiger partial charge on any atom is -0.118 e. The summed E-state index contributed by atoms with van der Waals surface area (Å²) in [6, 6.07) is 12.9. The van der Waals surface area contributed by atoms with E-state index < -0.39 is 0 Å². The van der Waals surface area contributed by atoms with Crippen LogP contribution in [0.15, 0.2) is 40.9 Å². The molecule has 0 nitrogen and oxygen atoms in total. The van der Waals surface area contributed by atoms with E-state index >= 15 is 0 Å². The molecule has 0 radical (unpaired) electrons. The van der Waals surface area contributed by atoms with Crippen LogP contribution < -0.4 is 0 Å². The lowest BCUT2D eigenvalue weighted by Crippen LogP contribution is -2.12. The van der Waals surface area contributed by atoms with Crippen molar-refractivity contribution in [1.29, 1.82) is 0 Å². The minimum absolute atomic E-state index is 0.146. The van der Waals surface area contributed by atoms with E-state index in [4.69, 9.17) is 11.6 Å². The van der Waals surface area contributed by atoms with Gasteiger partial charge in [-0.3, -0.25) is 0 Å². The molecular weight excluding hydrogens is 344 g/mol. The van der Waals surface area contributed by atoms with Crippen molar-refractivity contribution in [2.24, 2.45) is 17.8 Å². The predicted molar refractivity (Wildman–Crippen MR) is 93.8 cm³/mol. The Labute approximate surface area is 140 Å². The summed E-state index contributed by atoms with van der Waals surface area (Å²) in [5.74, 6) is 2.82. The van der Waals surface area contributed by atoms with Gasteiger partial charge in [0.25, 0.3) is 0 Å². The van der Waals surface area contributed by atoms with Gasteiger partial charge < -0.3 is 0 Å². The second-order valence-corrected chi connectivity index (χ2v) is 8.20. The van der Waals surface area contributed by atoms with Crippen molar-refractivity contribution in [1.82, 2.24) is 0 Å². The number of halogens is 2. The highest BCUT2D eigenvalue weighted by atomic mass is 79.9. The molecule has 0 saturated heterocycles. The topological polar surface area (TPSA) is 0 Å². The van der Waals surface area contributed by atoms with Crippen molar-refractivity contribution in [3.63, 3.8) is 0 Å². The summed E-state index contributed by atoms with van der Waals surface area (Å²) < 4.78 is 1.16. The zero-order valence-electron chi connectivity index (χ0n) is 12.1. The summed E-state index contributed by atoms with van der Waals surface area (Å²) in [5, 5.41) is 2.72. The molecule has 0 amide bonds. The van der Waals surface area contributed by atoms with E-state index in [0.29, 0.717) is 0 Å². The van der Waals surface area contributed by atoms with Gasteiger partial charge in [0.2, 0.25) is 0 Å². The molecule has 2 aliphatic rings. The molecule has 0 aliphatic heterocycles.